The quantitative estimate of drug-likeness (QED) is 0.545. The summed E-state index contributed by atoms with van der Waals surface area (Å²) in [6.45, 7) is 9.59. The van der Waals surface area contributed by atoms with E-state index in [1.165, 1.54) is 51.4 Å². The number of hydrogen-bond donors (Lipinski definition) is 0. The molecule has 0 spiro atoms. The van der Waals surface area contributed by atoms with Crippen molar-refractivity contribution in [1.82, 2.24) is 0 Å². The Balaban J connectivity index is 2.16. The Morgan fingerprint density at radius 1 is 0.938 bits per heavy atom. The molecule has 1 fully saturated rings. The second-order valence-electron chi connectivity index (χ2n) is 6.40. The molecule has 0 aromatic carbocycles. The average Bonchev–Trinajstić information content (AvgIpc) is 2.23. The molecule has 0 N–H and O–H groups in total. The number of rotatable bonds is 6. The summed E-state index contributed by atoms with van der Waals surface area (Å²) in [7, 11) is 0. The summed E-state index contributed by atoms with van der Waals surface area (Å²) in [6, 6.07) is 0. The van der Waals surface area contributed by atoms with E-state index in [-0.39, 0.29) is 0 Å². The lowest BCUT2D eigenvalue weighted by Gasteiger charge is -2.31. The molecular formula is C16H32. The molecule has 0 nitrogen and oxygen atoms in total. The van der Waals surface area contributed by atoms with Crippen LogP contribution >= 0.6 is 0 Å². The topological polar surface area (TPSA) is 0 Å². The molecule has 2 atom stereocenters. The zero-order valence-electron chi connectivity index (χ0n) is 12.0. The Morgan fingerprint density at radius 2 is 1.50 bits per heavy atom. The molecule has 1 rings (SSSR count). The first-order valence-corrected chi connectivity index (χ1v) is 7.65. The molecule has 1 aliphatic rings. The van der Waals surface area contributed by atoms with E-state index in [4.69, 9.17) is 0 Å². The van der Waals surface area contributed by atoms with E-state index in [0.29, 0.717) is 0 Å². The van der Waals surface area contributed by atoms with Crippen molar-refractivity contribution in [3.8, 4) is 0 Å². The zero-order chi connectivity index (χ0) is 12.0. The van der Waals surface area contributed by atoms with Gasteiger partial charge in [0.1, 0.15) is 0 Å². The predicted octanol–water partition coefficient (Wildman–Crippen LogP) is 5.67. The predicted molar refractivity (Wildman–Crippen MR) is 73.6 cm³/mol. The van der Waals surface area contributed by atoms with Crippen molar-refractivity contribution >= 4 is 0 Å². The Morgan fingerprint density at radius 3 is 2.00 bits per heavy atom. The van der Waals surface area contributed by atoms with Gasteiger partial charge in [-0.15, -0.1) is 0 Å². The van der Waals surface area contributed by atoms with E-state index in [1.54, 1.807) is 0 Å². The van der Waals surface area contributed by atoms with Crippen LogP contribution in [0.5, 0.6) is 0 Å². The Labute approximate surface area is 103 Å². The van der Waals surface area contributed by atoms with Crippen LogP contribution in [-0.2, 0) is 0 Å². The summed E-state index contributed by atoms with van der Waals surface area (Å²) in [4.78, 5) is 0. The highest BCUT2D eigenvalue weighted by Crippen LogP contribution is 2.35. The summed E-state index contributed by atoms with van der Waals surface area (Å²) in [5, 5.41) is 0. The van der Waals surface area contributed by atoms with E-state index < -0.39 is 0 Å². The van der Waals surface area contributed by atoms with Crippen LogP contribution in [0, 0.1) is 23.7 Å². The third-order valence-electron chi connectivity index (χ3n) is 4.66. The molecule has 0 bridgehead atoms. The summed E-state index contributed by atoms with van der Waals surface area (Å²) in [6.07, 6.45) is 11.7. The van der Waals surface area contributed by atoms with Crippen LogP contribution in [0.2, 0.25) is 0 Å². The van der Waals surface area contributed by atoms with Gasteiger partial charge in [0.25, 0.3) is 0 Å². The smallest absolute Gasteiger partial charge is 0.0409 e. The standard InChI is InChI=1S/C16H32/c1-5-15(6-2)8-7-9-16-11-13(3)10-14(4)12-16/h13-16H,5-12H2,1-4H3. The van der Waals surface area contributed by atoms with Gasteiger partial charge in [-0.2, -0.15) is 0 Å². The van der Waals surface area contributed by atoms with Crippen LogP contribution in [0.4, 0.5) is 0 Å². The van der Waals surface area contributed by atoms with E-state index in [0.717, 1.165) is 23.7 Å². The average molecular weight is 224 g/mol. The van der Waals surface area contributed by atoms with E-state index >= 15 is 0 Å². The first-order chi connectivity index (χ1) is 7.65. The minimum absolute atomic E-state index is 0.988. The Kier molecular flexibility index (Phi) is 6.46. The third kappa shape index (κ3) is 4.89. The first kappa shape index (κ1) is 14.1. The normalized spacial score (nSPS) is 30.9. The van der Waals surface area contributed by atoms with Crippen LogP contribution in [0.25, 0.3) is 0 Å². The Hall–Kier alpha value is 0. The largest absolute Gasteiger partial charge is 0.0651 e. The van der Waals surface area contributed by atoms with Gasteiger partial charge in [-0.25, -0.2) is 0 Å². The van der Waals surface area contributed by atoms with Crippen LogP contribution in [0.3, 0.4) is 0 Å². The number of hydrogen-bond acceptors (Lipinski definition) is 0. The fourth-order valence-corrected chi connectivity index (χ4v) is 3.74. The second kappa shape index (κ2) is 7.35. The molecule has 1 aliphatic carbocycles. The van der Waals surface area contributed by atoms with E-state index in [1.807, 2.05) is 0 Å². The lowest BCUT2D eigenvalue weighted by molar-refractivity contribution is 0.203. The summed E-state index contributed by atoms with van der Waals surface area (Å²) in [5.41, 5.74) is 0. The monoisotopic (exact) mass is 224 g/mol. The van der Waals surface area contributed by atoms with Gasteiger partial charge in [0.05, 0.1) is 0 Å². The fourth-order valence-electron chi connectivity index (χ4n) is 3.74. The van der Waals surface area contributed by atoms with Crippen LogP contribution in [-0.4, -0.2) is 0 Å². The summed E-state index contributed by atoms with van der Waals surface area (Å²) >= 11 is 0. The molecule has 0 aliphatic heterocycles. The minimum Gasteiger partial charge on any atom is -0.0651 e. The highest BCUT2D eigenvalue weighted by atomic mass is 14.3. The molecule has 2 unspecified atom stereocenters. The van der Waals surface area contributed by atoms with Gasteiger partial charge >= 0.3 is 0 Å². The van der Waals surface area contributed by atoms with Crippen LogP contribution < -0.4 is 0 Å². The maximum Gasteiger partial charge on any atom is -0.0409 e. The zero-order valence-corrected chi connectivity index (χ0v) is 12.0. The first-order valence-electron chi connectivity index (χ1n) is 7.65. The van der Waals surface area contributed by atoms with Crippen molar-refractivity contribution in [3.63, 3.8) is 0 Å². The van der Waals surface area contributed by atoms with Crippen molar-refractivity contribution in [3.05, 3.63) is 0 Å². The molecule has 0 aromatic heterocycles. The molecule has 16 heavy (non-hydrogen) atoms. The molecular weight excluding hydrogens is 192 g/mol. The van der Waals surface area contributed by atoms with Crippen molar-refractivity contribution < 1.29 is 0 Å². The third-order valence-corrected chi connectivity index (χ3v) is 4.66. The van der Waals surface area contributed by atoms with E-state index in [2.05, 4.69) is 27.7 Å². The lowest BCUT2D eigenvalue weighted by atomic mass is 9.74. The summed E-state index contributed by atoms with van der Waals surface area (Å²) < 4.78 is 0. The molecule has 0 aromatic rings. The molecule has 0 heterocycles. The van der Waals surface area contributed by atoms with Gasteiger partial charge in [0.15, 0.2) is 0 Å². The van der Waals surface area contributed by atoms with Gasteiger partial charge in [-0.1, -0.05) is 59.8 Å². The van der Waals surface area contributed by atoms with Gasteiger partial charge in [0, 0.05) is 0 Å². The molecule has 0 saturated heterocycles. The molecule has 0 amide bonds. The van der Waals surface area contributed by atoms with Crippen molar-refractivity contribution in [2.24, 2.45) is 23.7 Å². The second-order valence-corrected chi connectivity index (χ2v) is 6.40. The van der Waals surface area contributed by atoms with Crippen molar-refractivity contribution in [2.45, 2.75) is 79.1 Å². The van der Waals surface area contributed by atoms with Gasteiger partial charge in [0.2, 0.25) is 0 Å². The molecule has 96 valence electrons. The van der Waals surface area contributed by atoms with Crippen LogP contribution in [0.15, 0.2) is 0 Å². The minimum atomic E-state index is 0.988. The van der Waals surface area contributed by atoms with E-state index in [9.17, 15) is 0 Å². The van der Waals surface area contributed by atoms with Gasteiger partial charge < -0.3 is 0 Å². The highest BCUT2D eigenvalue weighted by Gasteiger charge is 2.23. The van der Waals surface area contributed by atoms with Gasteiger partial charge in [-0.05, 0) is 42.9 Å². The van der Waals surface area contributed by atoms with Gasteiger partial charge in [-0.3, -0.25) is 0 Å². The van der Waals surface area contributed by atoms with Crippen molar-refractivity contribution in [2.75, 3.05) is 0 Å². The fraction of sp³-hybridized carbons (Fsp3) is 1.00. The summed E-state index contributed by atoms with van der Waals surface area (Å²) in [5.74, 6) is 4.02. The molecule has 1 saturated carbocycles. The maximum absolute atomic E-state index is 2.45. The highest BCUT2D eigenvalue weighted by molar-refractivity contribution is 4.75. The maximum atomic E-state index is 2.45. The van der Waals surface area contributed by atoms with Crippen LogP contribution in [0.1, 0.15) is 79.1 Å². The van der Waals surface area contributed by atoms with Crippen molar-refractivity contribution in [1.29, 1.82) is 0 Å². The molecule has 0 radical (unpaired) electrons. The lowest BCUT2D eigenvalue weighted by Crippen LogP contribution is -2.19. The SMILES string of the molecule is CCC(CC)CCCC1CC(C)CC(C)C1. The Bertz CT molecular complexity index is 159. The molecule has 0 heteroatoms.